The normalized spacial score (nSPS) is 24.5. The number of aromatic amines is 1. The third-order valence-corrected chi connectivity index (χ3v) is 13.5. The molecule has 5 rings (SSSR count). The number of imidazole rings is 1. The number of amides is 8. The maximum Gasteiger partial charge on any atom is 0.246 e. The zero-order chi connectivity index (χ0) is 53.9. The fourth-order valence-corrected chi connectivity index (χ4v) is 8.99. The molecule has 13 N–H and O–H groups in total. The maximum atomic E-state index is 14.8. The lowest BCUT2D eigenvalue weighted by molar-refractivity contribution is -0.143. The van der Waals surface area contributed by atoms with Crippen molar-refractivity contribution < 1.29 is 43.5 Å². The molecule has 0 radical (unpaired) electrons. The van der Waals surface area contributed by atoms with Gasteiger partial charge in [0.05, 0.1) is 6.33 Å². The minimum absolute atomic E-state index is 0.00618. The number of nitrogens with two attached hydrogens (primary N) is 2. The van der Waals surface area contributed by atoms with E-state index in [9.17, 15) is 43.5 Å². The van der Waals surface area contributed by atoms with Crippen molar-refractivity contribution in [3.05, 3.63) is 83.9 Å². The number of nitrogens with one attached hydrogen (secondary N) is 8. The molecule has 22 heteroatoms. The number of benzene rings is 2. The summed E-state index contributed by atoms with van der Waals surface area (Å²) in [5.41, 5.74) is 12.9. The lowest BCUT2D eigenvalue weighted by atomic mass is 9.96. The highest BCUT2D eigenvalue weighted by molar-refractivity contribution is 5.99. The van der Waals surface area contributed by atoms with Crippen LogP contribution in [0.5, 0.6) is 5.75 Å². The highest BCUT2D eigenvalue weighted by Gasteiger charge is 2.41. The van der Waals surface area contributed by atoms with E-state index in [1.165, 1.54) is 29.6 Å². The molecule has 0 aliphatic carbocycles. The SMILES string of the molecule is CCCC[C@@H]1NC(=O)[C@@H](Cc2ccccc2)NC(=O)[C@@H]2CCCN2C(=O)[C@@H](Cc2cnc[nH]2)NC(=O)[C@H]([C@@H](C)CC)NC(=O)[C@@H](Cc2ccc(O)cc2)NC(=O)[C@H](C(C)C)NC(=O)[C@@H](CCCN=C(N)N)NC1=O. The van der Waals surface area contributed by atoms with E-state index in [0.717, 1.165) is 0 Å². The van der Waals surface area contributed by atoms with Gasteiger partial charge in [-0.2, -0.15) is 0 Å². The van der Waals surface area contributed by atoms with Gasteiger partial charge < -0.3 is 63.7 Å². The van der Waals surface area contributed by atoms with Gasteiger partial charge in [-0.25, -0.2) is 4.98 Å². The molecule has 3 aromatic rings. The molecule has 0 bridgehead atoms. The Morgan fingerprint density at radius 2 is 1.20 bits per heavy atom. The molecule has 0 unspecified atom stereocenters. The van der Waals surface area contributed by atoms with Crippen LogP contribution in [0.4, 0.5) is 0 Å². The number of nitrogens with zero attached hydrogens (tertiary/aromatic N) is 3. The van der Waals surface area contributed by atoms with Crippen LogP contribution in [0.15, 0.2) is 72.1 Å². The molecule has 8 amide bonds. The second kappa shape index (κ2) is 28.1. The molecule has 3 heterocycles. The number of aromatic nitrogens is 2. The van der Waals surface area contributed by atoms with Gasteiger partial charge in [-0.1, -0.05) is 96.3 Å². The van der Waals surface area contributed by atoms with Crippen molar-refractivity contribution in [2.45, 2.75) is 154 Å². The highest BCUT2D eigenvalue weighted by Crippen LogP contribution is 2.22. The average Bonchev–Trinajstić information content (AvgIpc) is 4.09. The van der Waals surface area contributed by atoms with Crippen LogP contribution >= 0.6 is 0 Å². The van der Waals surface area contributed by atoms with Crippen LogP contribution in [0.2, 0.25) is 0 Å². The lowest BCUT2D eigenvalue weighted by Crippen LogP contribution is -2.62. The summed E-state index contributed by atoms with van der Waals surface area (Å²) >= 11 is 0. The molecule has 0 saturated carbocycles. The number of hydrogen-bond donors (Lipinski definition) is 11. The van der Waals surface area contributed by atoms with E-state index in [2.05, 4.69) is 52.2 Å². The number of hydrogen-bond acceptors (Lipinski definition) is 11. The largest absolute Gasteiger partial charge is 0.508 e. The number of phenols is 1. The lowest BCUT2D eigenvalue weighted by Gasteiger charge is -2.32. The van der Waals surface area contributed by atoms with Gasteiger partial charge >= 0.3 is 0 Å². The number of H-pyrrole nitrogens is 1. The maximum absolute atomic E-state index is 14.8. The van der Waals surface area contributed by atoms with Crippen molar-refractivity contribution in [1.82, 2.24) is 52.1 Å². The van der Waals surface area contributed by atoms with Crippen LogP contribution in [-0.4, -0.2) is 135 Å². The Kier molecular flexibility index (Phi) is 21.8. The molecule has 2 aliphatic rings. The Hall–Kier alpha value is -7.52. The van der Waals surface area contributed by atoms with Gasteiger partial charge in [-0.15, -0.1) is 0 Å². The van der Waals surface area contributed by atoms with Crippen molar-refractivity contribution in [1.29, 1.82) is 0 Å². The Balaban J connectivity index is 1.60. The van der Waals surface area contributed by atoms with Gasteiger partial charge in [0.25, 0.3) is 0 Å². The minimum Gasteiger partial charge on any atom is -0.508 e. The van der Waals surface area contributed by atoms with E-state index in [4.69, 9.17) is 11.5 Å². The minimum atomic E-state index is -1.34. The highest BCUT2D eigenvalue weighted by atomic mass is 16.3. The number of unbranched alkanes of at least 4 members (excludes halogenated alkanes) is 1. The molecular formula is C52H75N13O9. The zero-order valence-electron chi connectivity index (χ0n) is 43.0. The first-order valence-electron chi connectivity index (χ1n) is 25.7. The van der Waals surface area contributed by atoms with Crippen molar-refractivity contribution in [2.24, 2.45) is 28.3 Å². The number of rotatable bonds is 16. The summed E-state index contributed by atoms with van der Waals surface area (Å²) < 4.78 is 0. The summed E-state index contributed by atoms with van der Waals surface area (Å²) in [6.45, 7) is 9.14. The molecule has 74 heavy (non-hydrogen) atoms. The number of carbonyl (C=O) groups excluding carboxylic acids is 8. The molecule has 2 fully saturated rings. The first-order valence-corrected chi connectivity index (χ1v) is 25.7. The van der Waals surface area contributed by atoms with Gasteiger partial charge in [0.15, 0.2) is 5.96 Å². The van der Waals surface area contributed by atoms with Gasteiger partial charge in [0.2, 0.25) is 47.3 Å². The van der Waals surface area contributed by atoms with E-state index >= 15 is 0 Å². The third-order valence-electron chi connectivity index (χ3n) is 13.5. The Bertz CT molecular complexity index is 2400. The second-order valence-corrected chi connectivity index (χ2v) is 19.5. The number of carbonyl (C=O) groups is 8. The zero-order valence-corrected chi connectivity index (χ0v) is 43.0. The summed E-state index contributed by atoms with van der Waals surface area (Å²) in [6, 6.07) is 5.13. The second-order valence-electron chi connectivity index (χ2n) is 19.5. The fourth-order valence-electron chi connectivity index (χ4n) is 8.99. The standard InChI is InChI=1S/C52H75N13O9/c1-6-8-16-36-44(67)58-37(17-12-23-56-52(53)54)45(68)63-42(30(3)4)49(72)61-39(26-33-19-21-35(66)22-20-33)47(70)64-43(31(5)7-2)50(73)62-40(27-34-28-55-29-57-34)51(74)65-24-13-18-41(65)48(71)60-38(46(69)59-36)25-32-14-10-9-11-15-32/h9-11,14-15,19-22,28-31,36-43,66H,6-8,12-13,16-18,23-27H2,1-5H3,(H,55,57)(H,58,67)(H,59,69)(H,60,71)(H,61,72)(H,62,73)(H,63,68)(H,64,70)(H4,53,54,56)/t31-,36-,37+,38+,39+,40+,41-,42-,43-/m0/s1. The van der Waals surface area contributed by atoms with Crippen molar-refractivity contribution in [3.63, 3.8) is 0 Å². The van der Waals surface area contributed by atoms with E-state index in [1.807, 2.05) is 19.9 Å². The van der Waals surface area contributed by atoms with E-state index in [0.29, 0.717) is 42.5 Å². The van der Waals surface area contributed by atoms with Crippen molar-refractivity contribution >= 4 is 53.2 Å². The summed E-state index contributed by atoms with van der Waals surface area (Å²) in [5.74, 6) is -6.80. The van der Waals surface area contributed by atoms with Gasteiger partial charge in [-0.3, -0.25) is 43.3 Å². The Labute approximate surface area is 432 Å². The number of guanidine groups is 1. The number of aromatic hydroxyl groups is 1. The summed E-state index contributed by atoms with van der Waals surface area (Å²) in [7, 11) is 0. The molecule has 0 spiro atoms. The molecule has 22 nitrogen and oxygen atoms in total. The van der Waals surface area contributed by atoms with Crippen LogP contribution in [0.3, 0.4) is 0 Å². The summed E-state index contributed by atoms with van der Waals surface area (Å²) in [4.78, 5) is 129. The monoisotopic (exact) mass is 1030 g/mol. The van der Waals surface area contributed by atoms with Crippen LogP contribution in [-0.2, 0) is 57.6 Å². The predicted octanol–water partition coefficient (Wildman–Crippen LogP) is 0.487. The quantitative estimate of drug-likeness (QED) is 0.0531. The average molecular weight is 1030 g/mol. The predicted molar refractivity (Wildman–Crippen MR) is 276 cm³/mol. The number of phenolic OH excluding ortho intramolecular Hbond substituents is 1. The van der Waals surface area contributed by atoms with Crippen molar-refractivity contribution in [2.75, 3.05) is 13.1 Å². The van der Waals surface area contributed by atoms with Crippen LogP contribution in [0.1, 0.15) is 103 Å². The van der Waals surface area contributed by atoms with Gasteiger partial charge in [0.1, 0.15) is 54.1 Å². The van der Waals surface area contributed by atoms with Crippen LogP contribution in [0.25, 0.3) is 0 Å². The smallest absolute Gasteiger partial charge is 0.246 e. The molecule has 2 aliphatic heterocycles. The Morgan fingerprint density at radius 1 is 0.662 bits per heavy atom. The molecular weight excluding hydrogens is 951 g/mol. The van der Waals surface area contributed by atoms with Crippen molar-refractivity contribution in [3.8, 4) is 5.75 Å². The van der Waals surface area contributed by atoms with E-state index in [-0.39, 0.29) is 69.7 Å². The first kappa shape index (κ1) is 57.4. The fraction of sp³-hybridized carbons (Fsp3) is 0.538. The molecule has 402 valence electrons. The topological polar surface area (TPSA) is 337 Å². The van der Waals surface area contributed by atoms with E-state index < -0.39 is 107 Å². The van der Waals surface area contributed by atoms with Gasteiger partial charge in [0, 0.05) is 44.2 Å². The molecule has 1 aromatic heterocycles. The van der Waals surface area contributed by atoms with Crippen LogP contribution < -0.4 is 48.7 Å². The van der Waals surface area contributed by atoms with Gasteiger partial charge in [-0.05, 0) is 67.2 Å². The number of aliphatic imine (C=N–C) groups is 1. The first-order chi connectivity index (χ1) is 35.4. The molecule has 2 saturated heterocycles. The van der Waals surface area contributed by atoms with Crippen LogP contribution in [0, 0.1) is 11.8 Å². The molecule has 2 aromatic carbocycles. The summed E-state index contributed by atoms with van der Waals surface area (Å²) in [6.07, 6.45) is 5.40. The number of fused-ring (bicyclic) bond motifs is 1. The molecule has 9 atom stereocenters. The Morgan fingerprint density at radius 3 is 1.80 bits per heavy atom. The summed E-state index contributed by atoms with van der Waals surface area (Å²) in [5, 5.41) is 29.9. The third kappa shape index (κ3) is 16.8. The van der Waals surface area contributed by atoms with E-state index in [1.54, 1.807) is 57.2 Å².